The second kappa shape index (κ2) is 9.18. The number of anilines is 2. The van der Waals surface area contributed by atoms with E-state index in [1.54, 1.807) is 60.5 Å². The highest BCUT2D eigenvalue weighted by molar-refractivity contribution is 6.06. The van der Waals surface area contributed by atoms with Crippen LogP contribution in [0, 0.1) is 0 Å². The second-order valence-electron chi connectivity index (χ2n) is 8.59. The molecule has 1 aromatic carbocycles. The monoisotopic (exact) mass is 459 g/mol. The molecule has 0 bridgehead atoms. The van der Waals surface area contributed by atoms with Gasteiger partial charge in [0.25, 0.3) is 5.91 Å². The predicted octanol–water partition coefficient (Wildman–Crippen LogP) is 3.97. The minimum Gasteiger partial charge on any atom is -0.495 e. The SMILES string of the molecule is COc1cncc(-c2ccc3nc(NC(=O)Nc4ccccc4C(=O)NC(C)(C)C)cn3n2)c1. The Labute approximate surface area is 196 Å². The van der Waals surface area contributed by atoms with Gasteiger partial charge in [0.05, 0.1) is 36.4 Å². The molecule has 0 saturated carbocycles. The maximum Gasteiger partial charge on any atom is 0.324 e. The molecule has 0 saturated heterocycles. The summed E-state index contributed by atoms with van der Waals surface area (Å²) in [5, 5.41) is 12.8. The van der Waals surface area contributed by atoms with Crippen LogP contribution in [0.1, 0.15) is 31.1 Å². The number of carbonyl (C=O) groups excluding carboxylic acids is 2. The highest BCUT2D eigenvalue weighted by atomic mass is 16.5. The summed E-state index contributed by atoms with van der Waals surface area (Å²) in [7, 11) is 1.58. The molecule has 0 atom stereocenters. The number of amides is 3. The highest BCUT2D eigenvalue weighted by Crippen LogP contribution is 2.22. The number of urea groups is 1. The topological polar surface area (TPSA) is 123 Å². The molecular weight excluding hydrogens is 434 g/mol. The number of nitrogens with zero attached hydrogens (tertiary/aromatic N) is 4. The van der Waals surface area contributed by atoms with Crippen LogP contribution < -0.4 is 20.7 Å². The molecule has 4 rings (SSSR count). The van der Waals surface area contributed by atoms with Gasteiger partial charge in [-0.1, -0.05) is 12.1 Å². The van der Waals surface area contributed by atoms with Gasteiger partial charge in [-0.25, -0.2) is 14.3 Å². The van der Waals surface area contributed by atoms with Crippen molar-refractivity contribution in [2.75, 3.05) is 17.7 Å². The zero-order valence-corrected chi connectivity index (χ0v) is 19.3. The first-order valence-corrected chi connectivity index (χ1v) is 10.6. The molecule has 10 nitrogen and oxygen atoms in total. The van der Waals surface area contributed by atoms with Gasteiger partial charge >= 0.3 is 6.03 Å². The number of imidazole rings is 1. The summed E-state index contributed by atoms with van der Waals surface area (Å²) >= 11 is 0. The molecule has 3 amide bonds. The Morgan fingerprint density at radius 2 is 1.82 bits per heavy atom. The van der Waals surface area contributed by atoms with Crippen molar-refractivity contribution in [2.45, 2.75) is 26.3 Å². The van der Waals surface area contributed by atoms with Crippen LogP contribution in [0.25, 0.3) is 16.9 Å². The number of hydrogen-bond donors (Lipinski definition) is 3. The molecular formula is C24H25N7O3. The van der Waals surface area contributed by atoms with E-state index in [9.17, 15) is 9.59 Å². The lowest BCUT2D eigenvalue weighted by molar-refractivity contribution is 0.0920. The van der Waals surface area contributed by atoms with E-state index in [-0.39, 0.29) is 5.91 Å². The molecule has 34 heavy (non-hydrogen) atoms. The van der Waals surface area contributed by atoms with E-state index < -0.39 is 11.6 Å². The summed E-state index contributed by atoms with van der Waals surface area (Å²) in [6, 6.07) is 11.7. The minimum atomic E-state index is -0.531. The van der Waals surface area contributed by atoms with Gasteiger partial charge in [-0.15, -0.1) is 0 Å². The maximum atomic E-state index is 12.6. The molecule has 0 aliphatic rings. The molecule has 4 aromatic rings. The number of ether oxygens (including phenoxy) is 1. The van der Waals surface area contributed by atoms with Gasteiger partial charge < -0.3 is 15.4 Å². The Bertz CT molecular complexity index is 1360. The first-order chi connectivity index (χ1) is 16.2. The first kappa shape index (κ1) is 22.7. The lowest BCUT2D eigenvalue weighted by atomic mass is 10.1. The normalized spacial score (nSPS) is 11.2. The number of pyridine rings is 1. The first-order valence-electron chi connectivity index (χ1n) is 10.6. The van der Waals surface area contributed by atoms with Crippen LogP contribution in [0.4, 0.5) is 16.3 Å². The van der Waals surface area contributed by atoms with Gasteiger partial charge in [-0.05, 0) is 51.1 Å². The summed E-state index contributed by atoms with van der Waals surface area (Å²) < 4.78 is 6.78. The molecule has 0 aliphatic heterocycles. The molecule has 3 heterocycles. The largest absolute Gasteiger partial charge is 0.495 e. The van der Waals surface area contributed by atoms with Crippen LogP contribution in [-0.2, 0) is 0 Å². The van der Waals surface area contributed by atoms with Gasteiger partial charge in [0, 0.05) is 17.3 Å². The number of benzene rings is 1. The molecule has 10 heteroatoms. The van der Waals surface area contributed by atoms with Crippen molar-refractivity contribution < 1.29 is 14.3 Å². The average molecular weight is 460 g/mol. The zero-order chi connectivity index (χ0) is 24.3. The molecule has 3 N–H and O–H groups in total. The standard InChI is InChI=1S/C24H25N7O3/c1-24(2,3)29-22(32)17-7-5-6-8-19(17)26-23(33)28-20-14-31-21(27-20)10-9-18(30-31)15-11-16(34-4)13-25-12-15/h5-14H,1-4H3,(H,29,32)(H2,26,28,33). The molecule has 0 aliphatic carbocycles. The molecule has 0 spiro atoms. The van der Waals surface area contributed by atoms with E-state index in [0.717, 1.165) is 5.56 Å². The van der Waals surface area contributed by atoms with Crippen LogP contribution in [0.15, 0.2) is 61.1 Å². The van der Waals surface area contributed by atoms with Crippen LogP contribution in [0.5, 0.6) is 5.75 Å². The number of aromatic nitrogens is 4. The van der Waals surface area contributed by atoms with Crippen molar-refractivity contribution in [3.8, 4) is 17.0 Å². The van der Waals surface area contributed by atoms with E-state index in [4.69, 9.17) is 4.74 Å². The van der Waals surface area contributed by atoms with Gasteiger partial charge in [0.2, 0.25) is 0 Å². The lowest BCUT2D eigenvalue weighted by Gasteiger charge is -2.21. The summed E-state index contributed by atoms with van der Waals surface area (Å²) in [4.78, 5) is 33.8. The molecule has 3 aromatic heterocycles. The summed E-state index contributed by atoms with van der Waals surface area (Å²) in [6.07, 6.45) is 4.91. The van der Waals surface area contributed by atoms with E-state index in [2.05, 4.69) is 31.0 Å². The maximum absolute atomic E-state index is 12.6. The number of nitrogens with one attached hydrogen (secondary N) is 3. The summed E-state index contributed by atoms with van der Waals surface area (Å²) in [5.74, 6) is 0.656. The third-order valence-corrected chi connectivity index (χ3v) is 4.71. The minimum absolute atomic E-state index is 0.278. The van der Waals surface area contributed by atoms with E-state index in [0.29, 0.717) is 34.2 Å². The Balaban J connectivity index is 1.50. The van der Waals surface area contributed by atoms with Crippen molar-refractivity contribution >= 4 is 29.1 Å². The Morgan fingerprint density at radius 3 is 2.59 bits per heavy atom. The highest BCUT2D eigenvalue weighted by Gasteiger charge is 2.19. The fourth-order valence-electron chi connectivity index (χ4n) is 3.23. The zero-order valence-electron chi connectivity index (χ0n) is 19.3. The molecule has 0 fully saturated rings. The van der Waals surface area contributed by atoms with Crippen molar-refractivity contribution in [2.24, 2.45) is 0 Å². The second-order valence-corrected chi connectivity index (χ2v) is 8.59. The van der Waals surface area contributed by atoms with E-state index >= 15 is 0 Å². The van der Waals surface area contributed by atoms with Gasteiger partial charge in [-0.2, -0.15) is 5.10 Å². The van der Waals surface area contributed by atoms with Crippen LogP contribution >= 0.6 is 0 Å². The summed E-state index contributed by atoms with van der Waals surface area (Å²) in [5.41, 5.74) is 2.35. The van der Waals surface area contributed by atoms with Crippen LogP contribution in [-0.4, -0.2) is 44.2 Å². The van der Waals surface area contributed by atoms with Crippen molar-refractivity contribution in [3.63, 3.8) is 0 Å². The number of methoxy groups -OCH3 is 1. The Kier molecular flexibility index (Phi) is 6.13. The Hall–Kier alpha value is -4.47. The van der Waals surface area contributed by atoms with E-state index in [1.807, 2.05) is 32.9 Å². The third kappa shape index (κ3) is 5.29. The van der Waals surface area contributed by atoms with Crippen molar-refractivity contribution in [3.05, 3.63) is 66.6 Å². The van der Waals surface area contributed by atoms with Gasteiger partial charge in [0.1, 0.15) is 5.75 Å². The molecule has 0 radical (unpaired) electrons. The smallest absolute Gasteiger partial charge is 0.324 e. The molecule has 174 valence electrons. The Morgan fingerprint density at radius 1 is 1.03 bits per heavy atom. The number of fused-ring (bicyclic) bond motifs is 1. The summed E-state index contributed by atoms with van der Waals surface area (Å²) in [6.45, 7) is 5.67. The van der Waals surface area contributed by atoms with E-state index in [1.165, 1.54) is 0 Å². The predicted molar refractivity (Wildman–Crippen MR) is 129 cm³/mol. The van der Waals surface area contributed by atoms with Crippen molar-refractivity contribution in [1.82, 2.24) is 24.9 Å². The number of carbonyl (C=O) groups is 2. The number of para-hydroxylation sites is 1. The van der Waals surface area contributed by atoms with Gasteiger partial charge in [-0.3, -0.25) is 15.1 Å². The average Bonchev–Trinajstić information content (AvgIpc) is 3.19. The van der Waals surface area contributed by atoms with Gasteiger partial charge in [0.15, 0.2) is 11.5 Å². The quantitative estimate of drug-likeness (QED) is 0.415. The van der Waals surface area contributed by atoms with Crippen LogP contribution in [0.2, 0.25) is 0 Å². The third-order valence-electron chi connectivity index (χ3n) is 4.71. The fourth-order valence-corrected chi connectivity index (χ4v) is 3.23. The fraction of sp³-hybridized carbons (Fsp3) is 0.208. The molecule has 0 unspecified atom stereocenters. The lowest BCUT2D eigenvalue weighted by Crippen LogP contribution is -2.41. The number of hydrogen-bond acceptors (Lipinski definition) is 6. The van der Waals surface area contributed by atoms with Crippen LogP contribution in [0.3, 0.4) is 0 Å². The number of rotatable bonds is 5. The van der Waals surface area contributed by atoms with Crippen molar-refractivity contribution in [1.29, 1.82) is 0 Å².